The van der Waals surface area contributed by atoms with E-state index < -0.39 is 5.97 Å². The fraction of sp³-hybridized carbons (Fsp3) is 0.231. The lowest BCUT2D eigenvalue weighted by Crippen LogP contribution is -2.10. The van der Waals surface area contributed by atoms with Gasteiger partial charge in [-0.1, -0.05) is 28.1 Å². The number of imidazole rings is 1. The number of hydrogen-bond acceptors (Lipinski definition) is 3. The van der Waals surface area contributed by atoms with Crippen LogP contribution in [0.2, 0.25) is 0 Å². The number of aliphatic carboxylic acids is 1. The molecule has 0 atom stereocenters. The van der Waals surface area contributed by atoms with E-state index in [9.17, 15) is 4.79 Å². The lowest BCUT2D eigenvalue weighted by atomic mass is 10.2. The predicted octanol–water partition coefficient (Wildman–Crippen LogP) is 1.90. The van der Waals surface area contributed by atoms with Crippen LogP contribution in [0.25, 0.3) is 11.4 Å². The molecule has 1 heterocycles. The quantitative estimate of drug-likeness (QED) is 0.880. The number of halogens is 1. The zero-order valence-corrected chi connectivity index (χ0v) is 11.8. The Morgan fingerprint density at radius 1 is 1.37 bits per heavy atom. The largest absolute Gasteiger partial charge is 0.481 e. The molecule has 19 heavy (non-hydrogen) atoms. The third-order valence-corrected chi connectivity index (χ3v) is 3.16. The molecule has 3 N–H and O–H groups in total. The number of aromatic nitrogens is 2. The van der Waals surface area contributed by atoms with Crippen molar-refractivity contribution in [1.82, 2.24) is 9.55 Å². The van der Waals surface area contributed by atoms with Crippen LogP contribution in [0.15, 0.2) is 34.9 Å². The summed E-state index contributed by atoms with van der Waals surface area (Å²) < 4.78 is 2.88. The summed E-state index contributed by atoms with van der Waals surface area (Å²) in [6, 6.07) is 7.72. The van der Waals surface area contributed by atoms with Gasteiger partial charge in [0.2, 0.25) is 0 Å². The summed E-state index contributed by atoms with van der Waals surface area (Å²) in [6.45, 7) is 1.09. The molecule has 0 saturated heterocycles. The maximum atomic E-state index is 10.7. The number of benzene rings is 1. The topological polar surface area (TPSA) is 81.1 Å². The summed E-state index contributed by atoms with van der Waals surface area (Å²) in [6.07, 6.45) is 1.67. The third kappa shape index (κ3) is 3.42. The molecule has 0 amide bonds. The van der Waals surface area contributed by atoms with Crippen molar-refractivity contribution in [2.24, 2.45) is 5.73 Å². The summed E-state index contributed by atoms with van der Waals surface area (Å²) in [4.78, 5) is 15.1. The first kappa shape index (κ1) is 13.8. The Morgan fingerprint density at radius 3 is 2.63 bits per heavy atom. The Morgan fingerprint density at radius 2 is 2.05 bits per heavy atom. The second-order valence-corrected chi connectivity index (χ2v) is 5.03. The summed E-state index contributed by atoms with van der Waals surface area (Å²) in [7, 11) is 0. The van der Waals surface area contributed by atoms with Gasteiger partial charge in [-0.25, -0.2) is 4.98 Å². The van der Waals surface area contributed by atoms with Crippen LogP contribution in [0.1, 0.15) is 5.69 Å². The van der Waals surface area contributed by atoms with E-state index in [0.717, 1.165) is 15.9 Å². The van der Waals surface area contributed by atoms with Crippen LogP contribution >= 0.6 is 15.9 Å². The van der Waals surface area contributed by atoms with Gasteiger partial charge in [0.1, 0.15) is 5.82 Å². The molecule has 0 aliphatic rings. The Labute approximate surface area is 119 Å². The number of nitrogens with zero attached hydrogens (tertiary/aromatic N) is 2. The molecule has 0 spiro atoms. The van der Waals surface area contributed by atoms with E-state index in [1.54, 1.807) is 6.20 Å². The zero-order valence-electron chi connectivity index (χ0n) is 10.2. The standard InChI is InChI=1S/C13H14BrN3O2/c14-10-3-1-9(2-4-10)13-16-11(7-12(18)19)8-17(13)6-5-15/h1-4,8H,5-7,15H2,(H,18,19). The Bertz CT molecular complexity index is 578. The van der Waals surface area contributed by atoms with Gasteiger partial charge in [0, 0.05) is 29.3 Å². The highest BCUT2D eigenvalue weighted by molar-refractivity contribution is 9.10. The minimum Gasteiger partial charge on any atom is -0.481 e. The van der Waals surface area contributed by atoms with Crippen LogP contribution < -0.4 is 5.73 Å². The van der Waals surface area contributed by atoms with Gasteiger partial charge in [0.15, 0.2) is 0 Å². The van der Waals surface area contributed by atoms with Crippen molar-refractivity contribution in [3.8, 4) is 11.4 Å². The van der Waals surface area contributed by atoms with Crippen molar-refractivity contribution in [2.75, 3.05) is 6.54 Å². The Balaban J connectivity index is 2.39. The molecule has 0 fully saturated rings. The average molecular weight is 324 g/mol. The van der Waals surface area contributed by atoms with Gasteiger partial charge in [0.25, 0.3) is 0 Å². The highest BCUT2D eigenvalue weighted by Crippen LogP contribution is 2.21. The van der Waals surface area contributed by atoms with Gasteiger partial charge in [-0.15, -0.1) is 0 Å². The Hall–Kier alpha value is -1.66. The minimum absolute atomic E-state index is 0.0822. The van der Waals surface area contributed by atoms with Gasteiger partial charge in [-0.05, 0) is 12.1 Å². The van der Waals surface area contributed by atoms with Crippen molar-refractivity contribution in [3.05, 3.63) is 40.6 Å². The number of carboxylic acids is 1. The number of rotatable bonds is 5. The minimum atomic E-state index is -0.889. The smallest absolute Gasteiger partial charge is 0.309 e. The van der Waals surface area contributed by atoms with Gasteiger partial charge < -0.3 is 15.4 Å². The molecule has 1 aromatic carbocycles. The van der Waals surface area contributed by atoms with Crippen molar-refractivity contribution in [3.63, 3.8) is 0 Å². The lowest BCUT2D eigenvalue weighted by Gasteiger charge is -2.05. The van der Waals surface area contributed by atoms with E-state index >= 15 is 0 Å². The highest BCUT2D eigenvalue weighted by Gasteiger charge is 2.12. The molecule has 1 aromatic heterocycles. The highest BCUT2D eigenvalue weighted by atomic mass is 79.9. The first-order valence-corrected chi connectivity index (χ1v) is 6.63. The zero-order chi connectivity index (χ0) is 13.8. The van der Waals surface area contributed by atoms with Crippen LogP contribution in [0, 0.1) is 0 Å². The van der Waals surface area contributed by atoms with Gasteiger partial charge in [0.05, 0.1) is 12.1 Å². The summed E-state index contributed by atoms with van der Waals surface area (Å²) >= 11 is 3.38. The van der Waals surface area contributed by atoms with E-state index in [4.69, 9.17) is 10.8 Å². The third-order valence-electron chi connectivity index (χ3n) is 2.63. The van der Waals surface area contributed by atoms with E-state index in [-0.39, 0.29) is 6.42 Å². The molecule has 100 valence electrons. The summed E-state index contributed by atoms with van der Waals surface area (Å²) in [5.74, 6) is -0.144. The van der Waals surface area contributed by atoms with Crippen molar-refractivity contribution < 1.29 is 9.90 Å². The molecule has 2 rings (SSSR count). The van der Waals surface area contributed by atoms with Crippen molar-refractivity contribution in [1.29, 1.82) is 0 Å². The van der Waals surface area contributed by atoms with E-state index in [2.05, 4.69) is 20.9 Å². The van der Waals surface area contributed by atoms with Crippen LogP contribution in [0.4, 0.5) is 0 Å². The van der Waals surface area contributed by atoms with Crippen LogP contribution in [0.5, 0.6) is 0 Å². The first-order valence-electron chi connectivity index (χ1n) is 5.84. The molecular weight excluding hydrogens is 310 g/mol. The van der Waals surface area contributed by atoms with E-state index in [1.807, 2.05) is 28.8 Å². The van der Waals surface area contributed by atoms with Gasteiger partial charge in [-0.2, -0.15) is 0 Å². The van der Waals surface area contributed by atoms with E-state index in [1.165, 1.54) is 0 Å². The number of hydrogen-bond donors (Lipinski definition) is 2. The summed E-state index contributed by atoms with van der Waals surface area (Å²) in [5, 5.41) is 8.82. The second kappa shape index (κ2) is 5.99. The predicted molar refractivity (Wildman–Crippen MR) is 75.8 cm³/mol. The molecule has 0 saturated carbocycles. The molecular formula is C13H14BrN3O2. The van der Waals surface area contributed by atoms with Gasteiger partial charge in [-0.3, -0.25) is 4.79 Å². The number of nitrogens with two attached hydrogens (primary N) is 1. The van der Waals surface area contributed by atoms with Crippen molar-refractivity contribution in [2.45, 2.75) is 13.0 Å². The first-order chi connectivity index (χ1) is 9.10. The molecule has 0 bridgehead atoms. The molecule has 0 unspecified atom stereocenters. The maximum absolute atomic E-state index is 10.7. The number of carboxylic acid groups (broad SMARTS) is 1. The molecule has 0 aliphatic heterocycles. The monoisotopic (exact) mass is 323 g/mol. The molecule has 0 aliphatic carbocycles. The van der Waals surface area contributed by atoms with Crippen LogP contribution in [-0.4, -0.2) is 27.2 Å². The van der Waals surface area contributed by atoms with E-state index in [0.29, 0.717) is 18.8 Å². The fourth-order valence-electron chi connectivity index (χ4n) is 1.85. The SMILES string of the molecule is NCCn1cc(CC(=O)O)nc1-c1ccc(Br)cc1. The lowest BCUT2D eigenvalue weighted by molar-refractivity contribution is -0.136. The average Bonchev–Trinajstić information content (AvgIpc) is 2.72. The number of carbonyl (C=O) groups is 1. The van der Waals surface area contributed by atoms with Crippen molar-refractivity contribution >= 4 is 21.9 Å². The Kier molecular flexibility index (Phi) is 4.34. The summed E-state index contributed by atoms with van der Waals surface area (Å²) in [5.41, 5.74) is 7.05. The fourth-order valence-corrected chi connectivity index (χ4v) is 2.11. The molecule has 5 nitrogen and oxygen atoms in total. The maximum Gasteiger partial charge on any atom is 0.309 e. The van der Waals surface area contributed by atoms with Crippen LogP contribution in [-0.2, 0) is 17.8 Å². The van der Waals surface area contributed by atoms with Crippen LogP contribution in [0.3, 0.4) is 0 Å². The molecule has 2 aromatic rings. The second-order valence-electron chi connectivity index (χ2n) is 4.12. The normalized spacial score (nSPS) is 10.6. The van der Waals surface area contributed by atoms with Gasteiger partial charge >= 0.3 is 5.97 Å². The molecule has 0 radical (unpaired) electrons. The molecule has 6 heteroatoms.